The van der Waals surface area contributed by atoms with Gasteiger partial charge in [-0.05, 0) is 51.2 Å². The van der Waals surface area contributed by atoms with E-state index in [0.717, 1.165) is 5.57 Å². The summed E-state index contributed by atoms with van der Waals surface area (Å²) >= 11 is 0. The van der Waals surface area contributed by atoms with E-state index < -0.39 is 12.1 Å². The summed E-state index contributed by atoms with van der Waals surface area (Å²) in [5, 5.41) is 0. The van der Waals surface area contributed by atoms with Crippen molar-refractivity contribution in [2.45, 2.75) is 51.8 Å². The molecule has 1 nitrogen and oxygen atoms in total. The quantitative estimate of drug-likeness (QED) is 0.523. The molecular formula is C13H19F3O. The maximum absolute atomic E-state index is 12.5. The Labute approximate surface area is 100 Å². The topological polar surface area (TPSA) is 9.23 Å². The van der Waals surface area contributed by atoms with Gasteiger partial charge in [-0.1, -0.05) is 6.58 Å². The largest absolute Gasteiger partial charge is 0.491 e. The van der Waals surface area contributed by atoms with Gasteiger partial charge in [0.1, 0.15) is 5.76 Å². The molecule has 1 saturated carbocycles. The second-order valence-corrected chi connectivity index (χ2v) is 4.70. The highest BCUT2D eigenvalue weighted by atomic mass is 19.4. The Hall–Kier alpha value is -0.930. The van der Waals surface area contributed by atoms with Crippen molar-refractivity contribution in [3.8, 4) is 0 Å². The maximum Gasteiger partial charge on any atom is 0.391 e. The fourth-order valence-electron chi connectivity index (χ4n) is 2.06. The third-order valence-electron chi connectivity index (χ3n) is 3.11. The zero-order valence-electron chi connectivity index (χ0n) is 10.3. The van der Waals surface area contributed by atoms with Crippen molar-refractivity contribution < 1.29 is 17.9 Å². The maximum atomic E-state index is 12.5. The summed E-state index contributed by atoms with van der Waals surface area (Å²) in [5.41, 5.74) is 0.998. The lowest BCUT2D eigenvalue weighted by Crippen LogP contribution is -2.30. The van der Waals surface area contributed by atoms with Crippen LogP contribution in [0.2, 0.25) is 0 Å². The molecule has 1 rings (SSSR count). The van der Waals surface area contributed by atoms with Crippen molar-refractivity contribution in [2.75, 3.05) is 0 Å². The monoisotopic (exact) mass is 248 g/mol. The van der Waals surface area contributed by atoms with Gasteiger partial charge in [-0.15, -0.1) is 0 Å². The van der Waals surface area contributed by atoms with E-state index in [1.165, 1.54) is 0 Å². The van der Waals surface area contributed by atoms with E-state index in [1.54, 1.807) is 6.08 Å². The molecule has 0 radical (unpaired) electrons. The van der Waals surface area contributed by atoms with Crippen LogP contribution in [-0.2, 0) is 4.74 Å². The van der Waals surface area contributed by atoms with E-state index in [0.29, 0.717) is 18.6 Å². The van der Waals surface area contributed by atoms with E-state index in [2.05, 4.69) is 6.58 Å². The molecule has 1 aliphatic carbocycles. The minimum atomic E-state index is -4.05. The molecule has 1 fully saturated rings. The minimum absolute atomic E-state index is 0.100. The summed E-state index contributed by atoms with van der Waals surface area (Å²) in [6.07, 6.45) is -1.27. The molecule has 98 valence electrons. The third kappa shape index (κ3) is 4.10. The number of ether oxygens (including phenoxy) is 1. The highest BCUT2D eigenvalue weighted by molar-refractivity contribution is 5.15. The predicted molar refractivity (Wildman–Crippen MR) is 61.5 cm³/mol. The summed E-state index contributed by atoms with van der Waals surface area (Å²) in [5.74, 6) is -0.457. The Morgan fingerprint density at radius 2 is 1.71 bits per heavy atom. The van der Waals surface area contributed by atoms with Crippen LogP contribution in [0.3, 0.4) is 0 Å². The molecule has 0 N–H and O–H groups in total. The van der Waals surface area contributed by atoms with Gasteiger partial charge in [0.25, 0.3) is 0 Å². The van der Waals surface area contributed by atoms with E-state index in [9.17, 15) is 13.2 Å². The molecule has 17 heavy (non-hydrogen) atoms. The van der Waals surface area contributed by atoms with Crippen LogP contribution in [0.5, 0.6) is 0 Å². The number of rotatable bonds is 3. The molecule has 0 heterocycles. The molecule has 0 atom stereocenters. The average molecular weight is 248 g/mol. The Kier molecular flexibility index (Phi) is 4.66. The van der Waals surface area contributed by atoms with E-state index in [1.807, 2.05) is 13.8 Å². The highest BCUT2D eigenvalue weighted by Crippen LogP contribution is 2.38. The molecule has 0 aromatic rings. The van der Waals surface area contributed by atoms with Gasteiger partial charge >= 0.3 is 6.18 Å². The highest BCUT2D eigenvalue weighted by Gasteiger charge is 2.41. The second-order valence-electron chi connectivity index (χ2n) is 4.70. The number of halogens is 3. The SMILES string of the molecule is C=CC(OC1CCC(C(F)(F)F)CC1)=C(C)C. The molecule has 0 aromatic heterocycles. The molecule has 0 aliphatic heterocycles. The Morgan fingerprint density at radius 1 is 1.18 bits per heavy atom. The average Bonchev–Trinajstić information content (AvgIpc) is 2.25. The van der Waals surface area contributed by atoms with Gasteiger partial charge in [0.05, 0.1) is 12.0 Å². The summed E-state index contributed by atoms with van der Waals surface area (Å²) in [7, 11) is 0. The van der Waals surface area contributed by atoms with Gasteiger partial charge in [0.2, 0.25) is 0 Å². The van der Waals surface area contributed by atoms with Gasteiger partial charge in [-0.25, -0.2) is 0 Å². The van der Waals surface area contributed by atoms with Crippen molar-refractivity contribution >= 4 is 0 Å². The second kappa shape index (κ2) is 5.61. The Morgan fingerprint density at radius 3 is 2.06 bits per heavy atom. The smallest absolute Gasteiger partial charge is 0.391 e. The summed E-state index contributed by atoms with van der Waals surface area (Å²) in [4.78, 5) is 0. The lowest BCUT2D eigenvalue weighted by atomic mass is 9.87. The molecule has 0 unspecified atom stereocenters. The fraction of sp³-hybridized carbons (Fsp3) is 0.692. The van der Waals surface area contributed by atoms with Crippen LogP contribution >= 0.6 is 0 Å². The first-order valence-electron chi connectivity index (χ1n) is 5.88. The van der Waals surface area contributed by atoms with Crippen molar-refractivity contribution in [1.82, 2.24) is 0 Å². The van der Waals surface area contributed by atoms with Gasteiger partial charge in [-0.2, -0.15) is 13.2 Å². The molecule has 0 bridgehead atoms. The molecule has 0 aromatic carbocycles. The van der Waals surface area contributed by atoms with Crippen LogP contribution < -0.4 is 0 Å². The zero-order chi connectivity index (χ0) is 13.1. The first-order valence-corrected chi connectivity index (χ1v) is 5.88. The van der Waals surface area contributed by atoms with Crippen LogP contribution in [-0.4, -0.2) is 12.3 Å². The van der Waals surface area contributed by atoms with Crippen LogP contribution in [0, 0.1) is 5.92 Å². The third-order valence-corrected chi connectivity index (χ3v) is 3.11. The van der Waals surface area contributed by atoms with E-state index in [-0.39, 0.29) is 18.9 Å². The fourth-order valence-corrected chi connectivity index (χ4v) is 2.06. The predicted octanol–water partition coefficient (Wildman–Crippen LogP) is 4.60. The van der Waals surface area contributed by atoms with Gasteiger partial charge in [0, 0.05) is 0 Å². The molecule has 4 heteroatoms. The first-order chi connectivity index (χ1) is 7.84. The van der Waals surface area contributed by atoms with Crippen LogP contribution in [0.1, 0.15) is 39.5 Å². The van der Waals surface area contributed by atoms with Gasteiger partial charge in [0.15, 0.2) is 0 Å². The number of allylic oxidation sites excluding steroid dienone is 2. The molecule has 0 saturated heterocycles. The summed E-state index contributed by atoms with van der Waals surface area (Å²) in [6.45, 7) is 7.44. The lowest BCUT2D eigenvalue weighted by molar-refractivity contribution is -0.186. The zero-order valence-corrected chi connectivity index (χ0v) is 10.3. The molecule has 0 amide bonds. The van der Waals surface area contributed by atoms with Crippen molar-refractivity contribution in [2.24, 2.45) is 5.92 Å². The number of hydrogen-bond acceptors (Lipinski definition) is 1. The van der Waals surface area contributed by atoms with E-state index in [4.69, 9.17) is 4.74 Å². The van der Waals surface area contributed by atoms with E-state index >= 15 is 0 Å². The van der Waals surface area contributed by atoms with Crippen LogP contribution in [0.25, 0.3) is 0 Å². The van der Waals surface area contributed by atoms with Gasteiger partial charge in [-0.3, -0.25) is 0 Å². The Balaban J connectivity index is 2.48. The first kappa shape index (κ1) is 14.1. The summed E-state index contributed by atoms with van der Waals surface area (Å²) in [6, 6.07) is 0. The number of alkyl halides is 3. The normalized spacial score (nSPS) is 25.2. The standard InChI is InChI=1S/C13H19F3O/c1-4-12(9(2)3)17-11-7-5-10(6-8-11)13(14,15)16/h4,10-11H,1,5-8H2,2-3H3. The van der Waals surface area contributed by atoms with Crippen molar-refractivity contribution in [3.05, 3.63) is 24.0 Å². The lowest BCUT2D eigenvalue weighted by Gasteiger charge is -2.30. The van der Waals surface area contributed by atoms with Crippen LogP contribution in [0.15, 0.2) is 24.0 Å². The van der Waals surface area contributed by atoms with Crippen LogP contribution in [0.4, 0.5) is 13.2 Å². The molecule has 0 spiro atoms. The minimum Gasteiger partial charge on any atom is -0.491 e. The number of hydrogen-bond donors (Lipinski definition) is 0. The van der Waals surface area contributed by atoms with Gasteiger partial charge < -0.3 is 4.74 Å². The Bertz CT molecular complexity index is 292. The van der Waals surface area contributed by atoms with Crippen molar-refractivity contribution in [3.63, 3.8) is 0 Å². The summed E-state index contributed by atoms with van der Waals surface area (Å²) < 4.78 is 43.0. The molecular weight excluding hydrogens is 229 g/mol. The van der Waals surface area contributed by atoms with Crippen molar-refractivity contribution in [1.29, 1.82) is 0 Å². The molecule has 1 aliphatic rings.